The van der Waals surface area contributed by atoms with Crippen LogP contribution in [0.3, 0.4) is 0 Å². The number of aromatic nitrogens is 3. The molecule has 0 atom stereocenters. The van der Waals surface area contributed by atoms with Crippen LogP contribution in [0.4, 0.5) is 5.82 Å². The lowest BCUT2D eigenvalue weighted by molar-refractivity contribution is 0.102. The van der Waals surface area contributed by atoms with Crippen LogP contribution in [0.1, 0.15) is 27.2 Å². The van der Waals surface area contributed by atoms with Gasteiger partial charge in [-0.05, 0) is 56.2 Å². The van der Waals surface area contributed by atoms with E-state index in [-0.39, 0.29) is 5.91 Å². The maximum atomic E-state index is 12.6. The predicted octanol–water partition coefficient (Wildman–Crippen LogP) is 5.42. The molecule has 0 unspecified atom stereocenters. The van der Waals surface area contributed by atoms with E-state index in [1.807, 2.05) is 25.1 Å². The average Bonchev–Trinajstić information content (AvgIpc) is 3.18. The van der Waals surface area contributed by atoms with Crippen LogP contribution in [0, 0.1) is 20.8 Å². The van der Waals surface area contributed by atoms with E-state index in [2.05, 4.69) is 52.3 Å². The van der Waals surface area contributed by atoms with Gasteiger partial charge in [-0.2, -0.15) is 9.78 Å². The second-order valence-corrected chi connectivity index (χ2v) is 8.40. The molecule has 0 aliphatic rings. The van der Waals surface area contributed by atoms with Gasteiger partial charge in [-0.25, -0.2) is 4.98 Å². The van der Waals surface area contributed by atoms with E-state index in [1.165, 1.54) is 5.56 Å². The molecule has 136 valence electrons. The number of nitrogens with one attached hydrogen (secondary N) is 1. The molecule has 0 aliphatic heterocycles. The van der Waals surface area contributed by atoms with Gasteiger partial charge in [0.15, 0.2) is 0 Å². The molecule has 0 bridgehead atoms. The Bertz CT molecular complexity index is 1180. The lowest BCUT2D eigenvalue weighted by atomic mass is 10.1. The van der Waals surface area contributed by atoms with E-state index in [0.29, 0.717) is 11.4 Å². The molecule has 2 heterocycles. The quantitative estimate of drug-likeness (QED) is 0.462. The van der Waals surface area contributed by atoms with E-state index in [0.717, 1.165) is 31.1 Å². The first-order valence-electron chi connectivity index (χ1n) is 8.42. The summed E-state index contributed by atoms with van der Waals surface area (Å²) in [4.78, 5) is 17.4. The summed E-state index contributed by atoms with van der Waals surface area (Å²) in [6.07, 6.45) is 0. The highest BCUT2D eigenvalue weighted by Crippen LogP contribution is 2.30. The number of benzene rings is 2. The zero-order valence-electron chi connectivity index (χ0n) is 15.1. The number of nitrogens with zero attached hydrogens (tertiary/aromatic N) is 3. The van der Waals surface area contributed by atoms with Gasteiger partial charge in [0, 0.05) is 16.1 Å². The van der Waals surface area contributed by atoms with Crippen molar-refractivity contribution < 1.29 is 4.79 Å². The van der Waals surface area contributed by atoms with Crippen LogP contribution in [0.25, 0.3) is 15.3 Å². The molecule has 0 fully saturated rings. The Morgan fingerprint density at radius 3 is 2.74 bits per heavy atom. The highest BCUT2D eigenvalue weighted by atomic mass is 79.9. The number of hydrogen-bond acceptors (Lipinski definition) is 4. The third-order valence-corrected chi connectivity index (χ3v) is 5.63. The van der Waals surface area contributed by atoms with Gasteiger partial charge in [0.05, 0.1) is 15.9 Å². The number of anilines is 1. The van der Waals surface area contributed by atoms with E-state index in [4.69, 9.17) is 4.98 Å². The van der Waals surface area contributed by atoms with Crippen molar-refractivity contribution in [2.75, 3.05) is 5.32 Å². The third kappa shape index (κ3) is 3.52. The van der Waals surface area contributed by atoms with Gasteiger partial charge in [0.1, 0.15) is 5.82 Å². The fourth-order valence-corrected chi connectivity index (χ4v) is 4.51. The maximum Gasteiger partial charge on any atom is 0.256 e. The van der Waals surface area contributed by atoms with E-state index < -0.39 is 0 Å². The smallest absolute Gasteiger partial charge is 0.256 e. The average molecular weight is 441 g/mol. The van der Waals surface area contributed by atoms with Crippen LogP contribution < -0.4 is 5.32 Å². The summed E-state index contributed by atoms with van der Waals surface area (Å²) in [5.74, 6) is 0.413. The molecule has 2 aromatic heterocycles. The van der Waals surface area contributed by atoms with Crippen molar-refractivity contribution in [2.45, 2.75) is 20.8 Å². The molecule has 5 nitrogen and oxygen atoms in total. The van der Waals surface area contributed by atoms with Crippen LogP contribution in [-0.2, 0) is 0 Å². The Morgan fingerprint density at radius 1 is 1.15 bits per heavy atom. The molecule has 1 amide bonds. The molecule has 1 N–H and O–H groups in total. The second kappa shape index (κ2) is 6.90. The molecule has 0 aliphatic carbocycles. The highest BCUT2D eigenvalue weighted by Gasteiger charge is 2.16. The minimum absolute atomic E-state index is 0.189. The van der Waals surface area contributed by atoms with Crippen LogP contribution >= 0.6 is 27.3 Å². The first-order valence-corrected chi connectivity index (χ1v) is 10.0. The van der Waals surface area contributed by atoms with Crippen LogP contribution in [0.15, 0.2) is 46.9 Å². The van der Waals surface area contributed by atoms with E-state index in [1.54, 1.807) is 28.2 Å². The number of hydrogen-bond donors (Lipinski definition) is 1. The standard InChI is InChI=1S/C20H17BrN4OS/c1-11-7-12(2)18-16(8-11)27-20(23-18)25-17(9-13(3)24-25)22-19(26)14-5-4-6-15(21)10-14/h4-10H,1-3H3,(H,22,26). The minimum Gasteiger partial charge on any atom is -0.306 e. The van der Waals surface area contributed by atoms with Gasteiger partial charge in [0.2, 0.25) is 5.13 Å². The molecule has 2 aromatic carbocycles. The molecule has 27 heavy (non-hydrogen) atoms. The molecule has 0 saturated heterocycles. The fraction of sp³-hybridized carbons (Fsp3) is 0.150. The maximum absolute atomic E-state index is 12.6. The molecule has 4 aromatic rings. The number of carbonyl (C=O) groups excluding carboxylic acids is 1. The van der Waals surface area contributed by atoms with Gasteiger partial charge in [-0.3, -0.25) is 4.79 Å². The van der Waals surface area contributed by atoms with Gasteiger partial charge in [0.25, 0.3) is 5.91 Å². The zero-order chi connectivity index (χ0) is 19.1. The predicted molar refractivity (Wildman–Crippen MR) is 113 cm³/mol. The Balaban J connectivity index is 1.73. The second-order valence-electron chi connectivity index (χ2n) is 6.47. The molecule has 4 rings (SSSR count). The Hall–Kier alpha value is -2.51. The Kier molecular flexibility index (Phi) is 4.57. The van der Waals surface area contributed by atoms with Gasteiger partial charge in [-0.15, -0.1) is 0 Å². The number of amides is 1. The SMILES string of the molecule is Cc1cc(C)c2nc(-n3nc(C)cc3NC(=O)c3cccc(Br)c3)sc2c1. The lowest BCUT2D eigenvalue weighted by Gasteiger charge is -2.06. The van der Waals surface area contributed by atoms with Gasteiger partial charge < -0.3 is 5.32 Å². The number of halogens is 1. The summed E-state index contributed by atoms with van der Waals surface area (Å²) >= 11 is 4.96. The van der Waals surface area contributed by atoms with Crippen molar-refractivity contribution in [1.82, 2.24) is 14.8 Å². The summed E-state index contributed by atoms with van der Waals surface area (Å²) in [5, 5.41) is 8.22. The number of fused-ring (bicyclic) bond motifs is 1. The first-order chi connectivity index (χ1) is 12.9. The Labute approximate surface area is 169 Å². The summed E-state index contributed by atoms with van der Waals surface area (Å²) in [7, 11) is 0. The molecular weight excluding hydrogens is 424 g/mol. The largest absolute Gasteiger partial charge is 0.306 e. The van der Waals surface area contributed by atoms with E-state index in [9.17, 15) is 4.79 Å². The van der Waals surface area contributed by atoms with Crippen molar-refractivity contribution in [3.8, 4) is 5.13 Å². The normalized spacial score (nSPS) is 11.1. The molecule has 0 radical (unpaired) electrons. The Morgan fingerprint density at radius 2 is 1.96 bits per heavy atom. The van der Waals surface area contributed by atoms with E-state index >= 15 is 0 Å². The number of aryl methyl sites for hydroxylation is 3. The molecule has 7 heteroatoms. The first kappa shape index (κ1) is 17.9. The third-order valence-electron chi connectivity index (χ3n) is 4.16. The number of thiazole rings is 1. The molecule has 0 spiro atoms. The van der Waals surface area contributed by atoms with Crippen molar-refractivity contribution in [2.24, 2.45) is 0 Å². The summed E-state index contributed by atoms with van der Waals surface area (Å²) in [6, 6.07) is 13.4. The van der Waals surface area contributed by atoms with Crippen LogP contribution in [-0.4, -0.2) is 20.7 Å². The molecule has 0 saturated carbocycles. The number of carbonyl (C=O) groups is 1. The monoisotopic (exact) mass is 440 g/mol. The van der Waals surface area contributed by atoms with Crippen LogP contribution in [0.5, 0.6) is 0 Å². The van der Waals surface area contributed by atoms with Crippen LogP contribution in [0.2, 0.25) is 0 Å². The number of rotatable bonds is 3. The highest BCUT2D eigenvalue weighted by molar-refractivity contribution is 9.10. The van der Waals surface area contributed by atoms with Crippen molar-refractivity contribution in [1.29, 1.82) is 0 Å². The summed E-state index contributed by atoms with van der Waals surface area (Å²) in [5.41, 5.74) is 4.70. The summed E-state index contributed by atoms with van der Waals surface area (Å²) in [6.45, 7) is 6.03. The lowest BCUT2D eigenvalue weighted by Crippen LogP contribution is -2.15. The topological polar surface area (TPSA) is 59.8 Å². The van der Waals surface area contributed by atoms with Crippen molar-refractivity contribution in [3.05, 3.63) is 69.3 Å². The fourth-order valence-electron chi connectivity index (χ4n) is 3.00. The van der Waals surface area contributed by atoms with Crippen molar-refractivity contribution >= 4 is 49.2 Å². The van der Waals surface area contributed by atoms with Crippen molar-refractivity contribution in [3.63, 3.8) is 0 Å². The summed E-state index contributed by atoms with van der Waals surface area (Å²) < 4.78 is 3.67. The van der Waals surface area contributed by atoms with Gasteiger partial charge >= 0.3 is 0 Å². The molecular formula is C20H17BrN4OS. The minimum atomic E-state index is -0.189. The zero-order valence-corrected chi connectivity index (χ0v) is 17.5. The van der Waals surface area contributed by atoms with Gasteiger partial charge in [-0.1, -0.05) is 39.4 Å².